The van der Waals surface area contributed by atoms with Crippen molar-refractivity contribution in [1.82, 2.24) is 19.7 Å². The molecule has 2 N–H and O–H groups in total. The minimum atomic E-state index is -0.594. The third-order valence-electron chi connectivity index (χ3n) is 6.83. The van der Waals surface area contributed by atoms with Gasteiger partial charge in [-0.2, -0.15) is 5.10 Å². The first-order chi connectivity index (χ1) is 18.9. The summed E-state index contributed by atoms with van der Waals surface area (Å²) < 4.78 is 13.5. The summed E-state index contributed by atoms with van der Waals surface area (Å²) in [7, 11) is 3.28. The van der Waals surface area contributed by atoms with Crippen LogP contribution in [0.1, 0.15) is 47.2 Å². The summed E-state index contributed by atoms with van der Waals surface area (Å²) in [5.74, 6) is -0.00477. The Hall–Kier alpha value is -4.08. The fourth-order valence-electron chi connectivity index (χ4n) is 4.46. The minimum absolute atomic E-state index is 0.156. The zero-order valence-electron chi connectivity index (χ0n) is 22.6. The van der Waals surface area contributed by atoms with Crippen LogP contribution in [-0.4, -0.2) is 51.2 Å². The molecule has 0 spiro atoms. The number of amides is 2. The molecule has 4 aromatic rings. The van der Waals surface area contributed by atoms with Crippen molar-refractivity contribution in [2.24, 2.45) is 5.73 Å². The van der Waals surface area contributed by atoms with Gasteiger partial charge in [-0.25, -0.2) is 4.68 Å². The van der Waals surface area contributed by atoms with Crippen molar-refractivity contribution >= 4 is 35.0 Å². The molecule has 2 aromatic heterocycles. The maximum Gasteiger partial charge on any atom is 0.278 e. The molecule has 1 aliphatic rings. The highest BCUT2D eigenvalue weighted by Gasteiger charge is 2.35. The second kappa shape index (κ2) is 10.1. The van der Waals surface area contributed by atoms with E-state index in [1.165, 1.54) is 6.20 Å². The van der Waals surface area contributed by atoms with Crippen LogP contribution < -0.4 is 15.2 Å². The molecule has 1 aliphatic heterocycles. The van der Waals surface area contributed by atoms with Gasteiger partial charge in [0, 0.05) is 57.3 Å². The summed E-state index contributed by atoms with van der Waals surface area (Å²) in [6.07, 6.45) is 3.03. The van der Waals surface area contributed by atoms with Gasteiger partial charge in [0.2, 0.25) is 5.91 Å². The molecule has 0 saturated carbocycles. The number of ether oxygens (including phenoxy) is 2. The van der Waals surface area contributed by atoms with E-state index in [0.29, 0.717) is 44.1 Å². The van der Waals surface area contributed by atoms with E-state index in [9.17, 15) is 9.59 Å². The van der Waals surface area contributed by atoms with Crippen molar-refractivity contribution in [3.8, 4) is 39.6 Å². The zero-order chi connectivity index (χ0) is 28.9. The van der Waals surface area contributed by atoms with E-state index in [-0.39, 0.29) is 23.8 Å². The quantitative estimate of drug-likeness (QED) is 0.320. The number of fused-ring (bicyclic) bond motifs is 3. The molecule has 40 heavy (non-hydrogen) atoms. The molecule has 0 unspecified atom stereocenters. The molecule has 5 rings (SSSR count). The Kier molecular flexibility index (Phi) is 6.97. The van der Waals surface area contributed by atoms with E-state index in [4.69, 9.17) is 43.5 Å². The van der Waals surface area contributed by atoms with Crippen LogP contribution in [0.5, 0.6) is 11.5 Å². The summed E-state index contributed by atoms with van der Waals surface area (Å²) in [4.78, 5) is 31.3. The van der Waals surface area contributed by atoms with Crippen LogP contribution in [0.3, 0.4) is 0 Å². The number of rotatable bonds is 5. The summed E-state index contributed by atoms with van der Waals surface area (Å²) in [5, 5.41) is 5.56. The lowest BCUT2D eigenvalue weighted by Crippen LogP contribution is -2.42. The monoisotopic (exact) mass is 579 g/mol. The number of methoxy groups -OCH3 is 1. The second-order valence-electron chi connectivity index (χ2n) is 10.4. The predicted octanol–water partition coefficient (Wildman–Crippen LogP) is 5.78. The Balaban J connectivity index is 1.79. The Morgan fingerprint density at radius 2 is 1.75 bits per heavy atom. The number of primary amides is 1. The van der Waals surface area contributed by atoms with Gasteiger partial charge in [0.1, 0.15) is 18.1 Å². The highest BCUT2D eigenvalue weighted by atomic mass is 35.5. The molecule has 0 fully saturated rings. The Morgan fingerprint density at radius 3 is 2.38 bits per heavy atom. The number of hydrogen-bond acceptors (Lipinski definition) is 6. The van der Waals surface area contributed by atoms with Gasteiger partial charge in [-0.15, -0.1) is 0 Å². The standard InChI is InChI=1S/C29H27Cl2N5O4/c1-29(2,3)35(4)28(38)24-26-25(36(34-24)20-9-18(30)8-19(31)10-20)22-11-21(23(39-5)7-17(22)14-40-26)15-6-16(27(32)37)13-33-12-15/h6-13H,14H2,1-5H3,(H2,32,37). The normalized spacial score (nSPS) is 12.3. The molecule has 2 aromatic carbocycles. The van der Waals surface area contributed by atoms with E-state index in [2.05, 4.69) is 4.98 Å². The van der Waals surface area contributed by atoms with E-state index >= 15 is 0 Å². The summed E-state index contributed by atoms with van der Waals surface area (Å²) in [5.41, 5.74) is 9.42. The van der Waals surface area contributed by atoms with Crippen molar-refractivity contribution in [1.29, 1.82) is 0 Å². The van der Waals surface area contributed by atoms with Gasteiger partial charge in [-0.3, -0.25) is 14.6 Å². The van der Waals surface area contributed by atoms with Crippen LogP contribution in [0.25, 0.3) is 28.1 Å². The molecule has 2 amide bonds. The number of carbonyl (C=O) groups is 2. The van der Waals surface area contributed by atoms with Crippen molar-refractivity contribution in [3.63, 3.8) is 0 Å². The van der Waals surface area contributed by atoms with E-state index in [1.54, 1.807) is 54.2 Å². The molecular formula is C29H27Cl2N5O4. The molecule has 0 saturated heterocycles. The lowest BCUT2D eigenvalue weighted by Gasteiger charge is -2.31. The van der Waals surface area contributed by atoms with Crippen LogP contribution in [0, 0.1) is 0 Å². The van der Waals surface area contributed by atoms with Crippen LogP contribution in [0.2, 0.25) is 10.0 Å². The van der Waals surface area contributed by atoms with E-state index in [0.717, 1.165) is 11.1 Å². The third-order valence-corrected chi connectivity index (χ3v) is 7.27. The third kappa shape index (κ3) is 4.87. The molecule has 11 heteroatoms. The highest BCUT2D eigenvalue weighted by molar-refractivity contribution is 6.34. The molecule has 0 atom stereocenters. The van der Waals surface area contributed by atoms with E-state index < -0.39 is 11.4 Å². The first-order valence-electron chi connectivity index (χ1n) is 12.4. The Labute approximate surface area is 241 Å². The number of benzene rings is 2. The smallest absolute Gasteiger partial charge is 0.278 e. The Morgan fingerprint density at radius 1 is 1.05 bits per heavy atom. The number of nitrogens with two attached hydrogens (primary N) is 1. The van der Waals surface area contributed by atoms with Crippen LogP contribution >= 0.6 is 23.2 Å². The number of aromatic nitrogens is 3. The number of halogens is 2. The molecule has 0 bridgehead atoms. The second-order valence-corrected chi connectivity index (χ2v) is 11.3. The predicted molar refractivity (Wildman–Crippen MR) is 153 cm³/mol. The first kappa shape index (κ1) is 27.5. The van der Waals surface area contributed by atoms with Crippen molar-refractivity contribution in [3.05, 3.63) is 75.7 Å². The Bertz CT molecular complexity index is 1660. The van der Waals surface area contributed by atoms with Gasteiger partial charge in [0.15, 0.2) is 11.4 Å². The van der Waals surface area contributed by atoms with Gasteiger partial charge >= 0.3 is 0 Å². The number of hydrogen-bond donors (Lipinski definition) is 1. The lowest BCUT2D eigenvalue weighted by molar-refractivity contribution is 0.0644. The van der Waals surface area contributed by atoms with Crippen LogP contribution in [0.4, 0.5) is 0 Å². The zero-order valence-corrected chi connectivity index (χ0v) is 24.1. The number of carbonyl (C=O) groups excluding carboxylic acids is 2. The SMILES string of the molecule is COc1cc2c(cc1-c1cncc(C(N)=O)c1)-c1c(c(C(=O)N(C)C(C)(C)C)nn1-c1cc(Cl)cc(Cl)c1)OC2. The van der Waals surface area contributed by atoms with E-state index in [1.807, 2.05) is 32.9 Å². The summed E-state index contributed by atoms with van der Waals surface area (Å²) >= 11 is 12.7. The van der Waals surface area contributed by atoms with Gasteiger partial charge in [-0.05, 0) is 57.2 Å². The fraction of sp³-hybridized carbons (Fsp3) is 0.241. The van der Waals surface area contributed by atoms with Crippen LogP contribution in [0.15, 0.2) is 48.8 Å². The average Bonchev–Trinajstić information content (AvgIpc) is 3.30. The average molecular weight is 580 g/mol. The maximum atomic E-state index is 13.7. The van der Waals surface area contributed by atoms with Gasteiger partial charge < -0.3 is 20.1 Å². The highest BCUT2D eigenvalue weighted by Crippen LogP contribution is 2.46. The largest absolute Gasteiger partial charge is 0.496 e. The summed E-state index contributed by atoms with van der Waals surface area (Å²) in [6, 6.07) is 10.5. The van der Waals surface area contributed by atoms with Gasteiger partial charge in [0.25, 0.3) is 5.91 Å². The fourth-order valence-corrected chi connectivity index (χ4v) is 4.97. The topological polar surface area (TPSA) is 113 Å². The number of pyridine rings is 1. The molecule has 3 heterocycles. The van der Waals surface area contributed by atoms with Crippen molar-refractivity contribution in [2.75, 3.05) is 14.2 Å². The van der Waals surface area contributed by atoms with Gasteiger partial charge in [-0.1, -0.05) is 23.2 Å². The van der Waals surface area contributed by atoms with Gasteiger partial charge in [0.05, 0.1) is 18.4 Å². The lowest BCUT2D eigenvalue weighted by atomic mass is 9.94. The van der Waals surface area contributed by atoms with Crippen molar-refractivity contribution in [2.45, 2.75) is 32.9 Å². The molecule has 0 radical (unpaired) electrons. The maximum absolute atomic E-state index is 13.7. The molecule has 0 aliphatic carbocycles. The van der Waals surface area contributed by atoms with Crippen LogP contribution in [-0.2, 0) is 6.61 Å². The summed E-state index contributed by atoms with van der Waals surface area (Å²) in [6.45, 7) is 6.00. The molecule has 206 valence electrons. The number of nitrogens with zero attached hydrogens (tertiary/aromatic N) is 4. The van der Waals surface area contributed by atoms with Crippen molar-refractivity contribution < 1.29 is 19.1 Å². The molecular weight excluding hydrogens is 553 g/mol. The molecule has 9 nitrogen and oxygen atoms in total. The first-order valence-corrected chi connectivity index (χ1v) is 13.1. The minimum Gasteiger partial charge on any atom is -0.496 e.